The van der Waals surface area contributed by atoms with Gasteiger partial charge in [-0.05, 0) is 36.8 Å². The van der Waals surface area contributed by atoms with Crippen LogP contribution in [0.3, 0.4) is 0 Å². The van der Waals surface area contributed by atoms with Crippen molar-refractivity contribution in [2.75, 3.05) is 7.05 Å². The molecule has 2 aromatic rings. The molecule has 0 aliphatic carbocycles. The topological polar surface area (TPSA) is 36.1 Å². The summed E-state index contributed by atoms with van der Waals surface area (Å²) in [5.41, 5.74) is 1.71. The summed E-state index contributed by atoms with van der Waals surface area (Å²) in [7, 11) is 1.72. The van der Waals surface area contributed by atoms with E-state index in [4.69, 9.17) is 12.2 Å². The molecule has 0 bridgehead atoms. The predicted octanol–water partition coefficient (Wildman–Crippen LogP) is 3.45. The molecule has 0 saturated carbocycles. The van der Waals surface area contributed by atoms with E-state index >= 15 is 0 Å². The highest BCUT2D eigenvalue weighted by Gasteiger charge is 2.13. The highest BCUT2D eigenvalue weighted by atomic mass is 32.1. The van der Waals surface area contributed by atoms with Crippen molar-refractivity contribution in [2.45, 2.75) is 19.9 Å². The van der Waals surface area contributed by atoms with Crippen LogP contribution in [0.2, 0.25) is 0 Å². The third kappa shape index (κ3) is 3.74. The zero-order valence-corrected chi connectivity index (χ0v) is 12.9. The predicted molar refractivity (Wildman–Crippen MR) is 80.8 cm³/mol. The van der Waals surface area contributed by atoms with Crippen LogP contribution in [0.1, 0.15) is 16.1 Å². The lowest BCUT2D eigenvalue weighted by atomic mass is 10.2. The first kappa shape index (κ1) is 14.9. The second kappa shape index (κ2) is 6.28. The Morgan fingerprint density at radius 2 is 2.25 bits per heavy atom. The number of carbonyl (C=O) groups is 1. The number of aromatic nitrogens is 1. The van der Waals surface area contributed by atoms with Gasteiger partial charge < -0.3 is 9.88 Å². The Balaban J connectivity index is 2.02. The molecule has 1 amide bonds. The summed E-state index contributed by atoms with van der Waals surface area (Å²) in [6.07, 6.45) is 0.315. The molecule has 0 aliphatic rings. The molecule has 106 valence electrons. The van der Waals surface area contributed by atoms with Crippen molar-refractivity contribution in [1.29, 1.82) is 0 Å². The number of amides is 1. The molecule has 1 aromatic heterocycles. The lowest BCUT2D eigenvalue weighted by molar-refractivity contribution is -0.129. The normalized spacial score (nSPS) is 10.6. The number of hydrogen-bond acceptors (Lipinski definition) is 3. The number of H-pyrrole nitrogens is 1. The largest absolute Gasteiger partial charge is 0.341 e. The molecular formula is C14H15FN2OS2. The molecule has 2 rings (SSSR count). The number of halogens is 1. The van der Waals surface area contributed by atoms with Gasteiger partial charge in [0, 0.05) is 24.2 Å². The molecule has 0 saturated heterocycles. The number of aromatic amines is 1. The molecule has 1 N–H and O–H groups in total. The summed E-state index contributed by atoms with van der Waals surface area (Å²) in [6.45, 7) is 2.30. The minimum atomic E-state index is -0.289. The van der Waals surface area contributed by atoms with Gasteiger partial charge in [-0.3, -0.25) is 4.79 Å². The van der Waals surface area contributed by atoms with Crippen molar-refractivity contribution in [3.05, 3.63) is 50.2 Å². The molecule has 0 spiro atoms. The summed E-state index contributed by atoms with van der Waals surface area (Å²) in [5.74, 6) is -0.301. The Bertz CT molecular complexity index is 678. The van der Waals surface area contributed by atoms with E-state index in [9.17, 15) is 9.18 Å². The maximum Gasteiger partial charge on any atom is 0.227 e. The third-order valence-electron chi connectivity index (χ3n) is 2.97. The first-order valence-electron chi connectivity index (χ1n) is 6.12. The van der Waals surface area contributed by atoms with Gasteiger partial charge in [0.05, 0.1) is 6.42 Å². The Hall–Kier alpha value is -1.53. The molecule has 0 aliphatic heterocycles. The standard InChI is InChI=1S/C14H15FN2OS2/c1-9-12(20-14(19)16-9)7-13(18)17(2)8-10-4-3-5-11(15)6-10/h3-6H,7-8H2,1-2H3,(H,16,19). The third-order valence-corrected chi connectivity index (χ3v) is 4.31. The van der Waals surface area contributed by atoms with Gasteiger partial charge in [-0.15, -0.1) is 11.3 Å². The summed E-state index contributed by atoms with van der Waals surface area (Å²) in [4.78, 5) is 17.7. The van der Waals surface area contributed by atoms with Crippen LogP contribution in [0.15, 0.2) is 24.3 Å². The van der Waals surface area contributed by atoms with E-state index in [0.29, 0.717) is 16.9 Å². The Morgan fingerprint density at radius 3 is 2.85 bits per heavy atom. The second-order valence-corrected chi connectivity index (χ2v) is 6.39. The molecule has 1 heterocycles. The van der Waals surface area contributed by atoms with Gasteiger partial charge >= 0.3 is 0 Å². The van der Waals surface area contributed by atoms with Crippen LogP contribution in [0.25, 0.3) is 0 Å². The van der Waals surface area contributed by atoms with Gasteiger partial charge in [0.15, 0.2) is 3.95 Å². The van der Waals surface area contributed by atoms with Crippen LogP contribution in [-0.2, 0) is 17.8 Å². The molecule has 0 atom stereocenters. The molecule has 0 radical (unpaired) electrons. The van der Waals surface area contributed by atoms with Crippen molar-refractivity contribution >= 4 is 29.5 Å². The molecule has 0 fully saturated rings. The van der Waals surface area contributed by atoms with E-state index in [1.165, 1.54) is 23.5 Å². The van der Waals surface area contributed by atoms with E-state index in [0.717, 1.165) is 16.1 Å². The van der Waals surface area contributed by atoms with Crippen LogP contribution >= 0.6 is 23.6 Å². The van der Waals surface area contributed by atoms with Crippen LogP contribution < -0.4 is 0 Å². The number of rotatable bonds is 4. The SMILES string of the molecule is Cc1[nH]c(=S)sc1CC(=O)N(C)Cc1cccc(F)c1. The fourth-order valence-corrected chi connectivity index (χ4v) is 3.16. The quantitative estimate of drug-likeness (QED) is 0.878. The van der Waals surface area contributed by atoms with Gasteiger partial charge in [-0.1, -0.05) is 12.1 Å². The van der Waals surface area contributed by atoms with Crippen LogP contribution in [0.4, 0.5) is 4.39 Å². The highest BCUT2D eigenvalue weighted by molar-refractivity contribution is 7.73. The number of benzene rings is 1. The van der Waals surface area contributed by atoms with Crippen LogP contribution in [0, 0.1) is 16.7 Å². The van der Waals surface area contributed by atoms with E-state index in [1.54, 1.807) is 24.1 Å². The monoisotopic (exact) mass is 310 g/mol. The fourth-order valence-electron chi connectivity index (χ4n) is 1.88. The number of hydrogen-bond donors (Lipinski definition) is 1. The average Bonchev–Trinajstić information content (AvgIpc) is 2.67. The van der Waals surface area contributed by atoms with Crippen molar-refractivity contribution in [3.8, 4) is 0 Å². The van der Waals surface area contributed by atoms with E-state index in [-0.39, 0.29) is 11.7 Å². The fraction of sp³-hybridized carbons (Fsp3) is 0.286. The molecule has 0 unspecified atom stereocenters. The molecule has 1 aromatic carbocycles. The number of carbonyl (C=O) groups excluding carboxylic acids is 1. The van der Waals surface area contributed by atoms with Crippen molar-refractivity contribution < 1.29 is 9.18 Å². The van der Waals surface area contributed by atoms with Crippen molar-refractivity contribution in [2.24, 2.45) is 0 Å². The van der Waals surface area contributed by atoms with Crippen LogP contribution in [-0.4, -0.2) is 22.8 Å². The minimum Gasteiger partial charge on any atom is -0.341 e. The summed E-state index contributed by atoms with van der Waals surface area (Å²) in [5, 5.41) is 0. The van der Waals surface area contributed by atoms with Crippen molar-refractivity contribution in [1.82, 2.24) is 9.88 Å². The van der Waals surface area contributed by atoms with Gasteiger partial charge in [0.1, 0.15) is 5.82 Å². The summed E-state index contributed by atoms with van der Waals surface area (Å²) >= 11 is 6.48. The van der Waals surface area contributed by atoms with Gasteiger partial charge in [0.2, 0.25) is 5.91 Å². The summed E-state index contributed by atoms with van der Waals surface area (Å²) in [6, 6.07) is 6.28. The molecule has 3 nitrogen and oxygen atoms in total. The lowest BCUT2D eigenvalue weighted by Crippen LogP contribution is -2.27. The van der Waals surface area contributed by atoms with E-state index in [2.05, 4.69) is 4.98 Å². The lowest BCUT2D eigenvalue weighted by Gasteiger charge is -2.17. The van der Waals surface area contributed by atoms with E-state index < -0.39 is 0 Å². The maximum atomic E-state index is 13.1. The second-order valence-electron chi connectivity index (χ2n) is 4.62. The minimum absolute atomic E-state index is 0.0115. The Kier molecular flexibility index (Phi) is 4.67. The Labute approximate surface area is 126 Å². The number of likely N-dealkylation sites (N-methyl/N-ethyl adjacent to an activating group) is 1. The number of nitrogens with zero attached hydrogens (tertiary/aromatic N) is 1. The van der Waals surface area contributed by atoms with Gasteiger partial charge in [0.25, 0.3) is 0 Å². The number of thiazole rings is 1. The Morgan fingerprint density at radius 1 is 1.50 bits per heavy atom. The summed E-state index contributed by atoms with van der Waals surface area (Å²) < 4.78 is 13.8. The van der Waals surface area contributed by atoms with Crippen molar-refractivity contribution in [3.63, 3.8) is 0 Å². The first-order chi connectivity index (χ1) is 9.45. The smallest absolute Gasteiger partial charge is 0.227 e. The maximum absolute atomic E-state index is 13.1. The highest BCUT2D eigenvalue weighted by Crippen LogP contribution is 2.16. The van der Waals surface area contributed by atoms with Crippen LogP contribution in [0.5, 0.6) is 0 Å². The molecule has 6 heteroatoms. The first-order valence-corrected chi connectivity index (χ1v) is 7.35. The molecule has 20 heavy (non-hydrogen) atoms. The zero-order chi connectivity index (χ0) is 14.7. The van der Waals surface area contributed by atoms with Gasteiger partial charge in [-0.2, -0.15) is 0 Å². The van der Waals surface area contributed by atoms with Gasteiger partial charge in [-0.25, -0.2) is 4.39 Å². The number of aryl methyl sites for hydroxylation is 1. The van der Waals surface area contributed by atoms with E-state index in [1.807, 2.05) is 6.92 Å². The number of nitrogens with one attached hydrogen (secondary N) is 1. The average molecular weight is 310 g/mol. The molecular weight excluding hydrogens is 295 g/mol. The zero-order valence-electron chi connectivity index (χ0n) is 11.3.